The fraction of sp³-hybridized carbons (Fsp3) is 0.440. The molecule has 0 aromatic heterocycles. The van der Waals surface area contributed by atoms with Gasteiger partial charge in [-0.05, 0) is 54.9 Å². The fourth-order valence-corrected chi connectivity index (χ4v) is 5.80. The van der Waals surface area contributed by atoms with E-state index in [1.807, 2.05) is 18.2 Å². The molecule has 3 fully saturated rings. The predicted molar refractivity (Wildman–Crippen MR) is 114 cm³/mol. The molecule has 0 radical (unpaired) electrons. The second-order valence-electron chi connectivity index (χ2n) is 9.43. The maximum absolute atomic E-state index is 13.8. The molecule has 2 aromatic carbocycles. The maximum Gasteiger partial charge on any atom is 0.258 e. The summed E-state index contributed by atoms with van der Waals surface area (Å²) in [5, 5.41) is 6.16. The number of carbonyl (C=O) groups is 2. The van der Waals surface area contributed by atoms with Crippen LogP contribution in [0.5, 0.6) is 5.75 Å². The maximum atomic E-state index is 13.8. The lowest BCUT2D eigenvalue weighted by Crippen LogP contribution is -2.69. The van der Waals surface area contributed by atoms with Gasteiger partial charge in [0.2, 0.25) is 5.91 Å². The first-order valence-corrected chi connectivity index (χ1v) is 11.0. The van der Waals surface area contributed by atoms with Crippen LogP contribution in [0.25, 0.3) is 0 Å². The Morgan fingerprint density at radius 2 is 2.00 bits per heavy atom. The Hall–Kier alpha value is -2.89. The zero-order valence-electron chi connectivity index (χ0n) is 17.6. The van der Waals surface area contributed by atoms with Crippen molar-refractivity contribution in [1.82, 2.24) is 10.6 Å². The van der Waals surface area contributed by atoms with E-state index in [1.165, 1.54) is 6.07 Å². The van der Waals surface area contributed by atoms with Crippen molar-refractivity contribution in [2.75, 3.05) is 6.54 Å². The second kappa shape index (κ2) is 7.36. The molecule has 6 heteroatoms. The SMILES string of the molecule is CC12CCC(CC1C(=O)NCCc1ccccc1F)C1(C2)NC(=O)c2ccccc2O1. The van der Waals surface area contributed by atoms with Gasteiger partial charge < -0.3 is 15.4 Å². The van der Waals surface area contributed by atoms with Crippen LogP contribution in [0.4, 0.5) is 4.39 Å². The molecule has 2 bridgehead atoms. The Morgan fingerprint density at radius 1 is 1.23 bits per heavy atom. The Balaban J connectivity index is 1.29. The number of halogens is 1. The largest absolute Gasteiger partial charge is 0.467 e. The van der Waals surface area contributed by atoms with E-state index in [-0.39, 0.29) is 34.9 Å². The molecular formula is C25H27FN2O3. The lowest BCUT2D eigenvalue weighted by Gasteiger charge is -2.59. The van der Waals surface area contributed by atoms with Crippen LogP contribution in [0.1, 0.15) is 48.5 Å². The number of benzene rings is 2. The molecule has 1 aliphatic heterocycles. The molecule has 4 atom stereocenters. The van der Waals surface area contributed by atoms with E-state index in [0.717, 1.165) is 12.8 Å². The van der Waals surface area contributed by atoms with Crippen LogP contribution in [0.2, 0.25) is 0 Å². The van der Waals surface area contributed by atoms with Crippen molar-refractivity contribution < 1.29 is 18.7 Å². The van der Waals surface area contributed by atoms with Gasteiger partial charge in [-0.1, -0.05) is 37.3 Å². The monoisotopic (exact) mass is 422 g/mol. The van der Waals surface area contributed by atoms with Crippen molar-refractivity contribution in [2.45, 2.75) is 44.8 Å². The van der Waals surface area contributed by atoms with E-state index in [0.29, 0.717) is 42.7 Å². The molecular weight excluding hydrogens is 395 g/mol. The highest BCUT2D eigenvalue weighted by atomic mass is 19.1. The van der Waals surface area contributed by atoms with Crippen LogP contribution in [0.3, 0.4) is 0 Å². The summed E-state index contributed by atoms with van der Waals surface area (Å²) in [6.45, 7) is 2.53. The Bertz CT molecular complexity index is 1040. The lowest BCUT2D eigenvalue weighted by molar-refractivity contribution is -0.167. The fourth-order valence-electron chi connectivity index (χ4n) is 5.80. The number of para-hydroxylation sites is 1. The highest BCUT2D eigenvalue weighted by Gasteiger charge is 2.61. The minimum absolute atomic E-state index is 0.0147. The number of nitrogens with one attached hydrogen (secondary N) is 2. The number of carbonyl (C=O) groups excluding carboxylic acids is 2. The smallest absolute Gasteiger partial charge is 0.258 e. The molecule has 6 rings (SSSR count). The van der Waals surface area contributed by atoms with Crippen molar-refractivity contribution in [1.29, 1.82) is 0 Å². The van der Waals surface area contributed by atoms with Crippen LogP contribution in [0.15, 0.2) is 48.5 Å². The molecule has 2 amide bonds. The molecule has 31 heavy (non-hydrogen) atoms. The molecule has 3 aliphatic carbocycles. The minimum atomic E-state index is -0.748. The lowest BCUT2D eigenvalue weighted by atomic mass is 9.52. The third kappa shape index (κ3) is 3.38. The van der Waals surface area contributed by atoms with Crippen molar-refractivity contribution in [3.63, 3.8) is 0 Å². The van der Waals surface area contributed by atoms with E-state index in [4.69, 9.17) is 4.74 Å². The minimum Gasteiger partial charge on any atom is -0.467 e. The molecule has 0 saturated heterocycles. The molecule has 5 nitrogen and oxygen atoms in total. The highest BCUT2D eigenvalue weighted by Crippen LogP contribution is 2.58. The van der Waals surface area contributed by atoms with Gasteiger partial charge in [0, 0.05) is 24.8 Å². The number of amides is 2. The number of hydrogen-bond donors (Lipinski definition) is 2. The number of fused-ring (bicyclic) bond motifs is 3. The van der Waals surface area contributed by atoms with E-state index in [2.05, 4.69) is 17.6 Å². The molecule has 1 heterocycles. The van der Waals surface area contributed by atoms with Crippen molar-refractivity contribution >= 4 is 11.8 Å². The van der Waals surface area contributed by atoms with Gasteiger partial charge in [-0.3, -0.25) is 9.59 Å². The summed E-state index contributed by atoms with van der Waals surface area (Å²) >= 11 is 0. The van der Waals surface area contributed by atoms with E-state index >= 15 is 0 Å². The molecule has 2 aromatic rings. The summed E-state index contributed by atoms with van der Waals surface area (Å²) in [6.07, 6.45) is 3.58. The molecule has 2 N–H and O–H groups in total. The van der Waals surface area contributed by atoms with Crippen LogP contribution >= 0.6 is 0 Å². The normalized spacial score (nSPS) is 31.0. The average Bonchev–Trinajstić information content (AvgIpc) is 2.74. The topological polar surface area (TPSA) is 67.4 Å². The zero-order chi connectivity index (χ0) is 21.6. The van der Waals surface area contributed by atoms with Gasteiger partial charge in [0.25, 0.3) is 5.91 Å². The Morgan fingerprint density at radius 3 is 2.81 bits per heavy atom. The Kier molecular flexibility index (Phi) is 4.76. The summed E-state index contributed by atoms with van der Waals surface area (Å²) in [5.74, 6) is 0.218. The third-order valence-electron chi connectivity index (χ3n) is 7.47. The van der Waals surface area contributed by atoms with Gasteiger partial charge in [0.1, 0.15) is 11.6 Å². The molecule has 3 saturated carbocycles. The summed E-state index contributed by atoms with van der Waals surface area (Å²) in [7, 11) is 0. The van der Waals surface area contributed by atoms with Gasteiger partial charge >= 0.3 is 0 Å². The van der Waals surface area contributed by atoms with Crippen LogP contribution in [-0.4, -0.2) is 24.1 Å². The first-order valence-electron chi connectivity index (χ1n) is 11.0. The van der Waals surface area contributed by atoms with Crippen LogP contribution < -0.4 is 15.4 Å². The highest BCUT2D eigenvalue weighted by molar-refractivity contribution is 5.98. The van der Waals surface area contributed by atoms with Gasteiger partial charge in [-0.2, -0.15) is 0 Å². The summed E-state index contributed by atoms with van der Waals surface area (Å²) in [5.41, 5.74) is 0.149. The molecule has 162 valence electrons. The van der Waals surface area contributed by atoms with Crippen LogP contribution in [-0.2, 0) is 11.2 Å². The average molecular weight is 423 g/mol. The summed E-state index contributed by atoms with van der Waals surface area (Å²) in [6, 6.07) is 14.0. The molecule has 1 spiro atoms. The van der Waals surface area contributed by atoms with Crippen molar-refractivity contribution in [3.05, 3.63) is 65.5 Å². The van der Waals surface area contributed by atoms with E-state index in [1.54, 1.807) is 24.3 Å². The molecule has 4 unspecified atom stereocenters. The van der Waals surface area contributed by atoms with E-state index in [9.17, 15) is 14.0 Å². The predicted octanol–water partition coefficient (Wildman–Crippen LogP) is 3.83. The first-order chi connectivity index (χ1) is 14.9. The van der Waals surface area contributed by atoms with E-state index < -0.39 is 5.72 Å². The summed E-state index contributed by atoms with van der Waals surface area (Å²) in [4.78, 5) is 25.8. The number of ether oxygens (including phenoxy) is 1. The quantitative estimate of drug-likeness (QED) is 0.787. The van der Waals surface area contributed by atoms with Crippen molar-refractivity contribution in [3.8, 4) is 5.75 Å². The molecule has 4 aliphatic rings. The summed E-state index contributed by atoms with van der Waals surface area (Å²) < 4.78 is 20.2. The number of rotatable bonds is 4. The first kappa shape index (κ1) is 20.0. The standard InChI is InChI=1S/C25H27FN2O3/c1-24-12-10-17(25(15-24)28-22(29)18-7-3-5-9-21(18)31-25)14-19(24)23(30)27-13-11-16-6-2-4-8-20(16)26/h2-9,17,19H,10-15H2,1H3,(H,27,30)(H,28,29). The van der Waals surface area contributed by atoms with Gasteiger partial charge in [-0.25, -0.2) is 4.39 Å². The second-order valence-corrected chi connectivity index (χ2v) is 9.43. The van der Waals surface area contributed by atoms with Gasteiger partial charge in [0.05, 0.1) is 5.56 Å². The zero-order valence-corrected chi connectivity index (χ0v) is 17.6. The van der Waals surface area contributed by atoms with Crippen molar-refractivity contribution in [2.24, 2.45) is 17.3 Å². The van der Waals surface area contributed by atoms with Gasteiger partial charge in [0.15, 0.2) is 5.72 Å². The third-order valence-corrected chi connectivity index (χ3v) is 7.47. The number of hydrogen-bond acceptors (Lipinski definition) is 3. The van der Waals surface area contributed by atoms with Crippen LogP contribution in [0, 0.1) is 23.1 Å². The van der Waals surface area contributed by atoms with Gasteiger partial charge in [-0.15, -0.1) is 0 Å². The Labute approximate surface area is 181 Å².